The van der Waals surface area contributed by atoms with E-state index in [4.69, 9.17) is 23.2 Å². The Kier molecular flexibility index (Phi) is 3.44. The molecule has 0 fully saturated rings. The van der Waals surface area contributed by atoms with Gasteiger partial charge < -0.3 is 0 Å². The number of azo groups is 1. The van der Waals surface area contributed by atoms with E-state index in [-0.39, 0.29) is 12.1 Å². The fourth-order valence-electron chi connectivity index (χ4n) is 2.04. The largest absolute Gasteiger partial charge is 0.244 e. The van der Waals surface area contributed by atoms with Gasteiger partial charge >= 0.3 is 0 Å². The lowest BCUT2D eigenvalue weighted by Crippen LogP contribution is -1.97. The first-order valence-electron chi connectivity index (χ1n) is 5.85. The minimum Gasteiger partial charge on any atom is -0.244 e. The van der Waals surface area contributed by atoms with Gasteiger partial charge in [-0.15, -0.1) is 0 Å². The summed E-state index contributed by atoms with van der Waals surface area (Å²) in [6.45, 7) is 0. The number of nitrogens with zero attached hydrogens (tertiary/aromatic N) is 4. The summed E-state index contributed by atoms with van der Waals surface area (Å²) in [4.78, 5) is 8.13. The van der Waals surface area contributed by atoms with E-state index >= 15 is 0 Å². The SMILES string of the molecule is Clc1ccc(C2CC(c3ccc(Cl)nc3)N=N2)cn1. The lowest BCUT2D eigenvalue weighted by Gasteiger charge is -2.08. The summed E-state index contributed by atoms with van der Waals surface area (Å²) in [5, 5.41) is 9.56. The number of halogens is 2. The average Bonchev–Trinajstić information content (AvgIpc) is 2.90. The molecule has 1 aliphatic heterocycles. The lowest BCUT2D eigenvalue weighted by atomic mass is 9.99. The predicted molar refractivity (Wildman–Crippen MR) is 73.4 cm³/mol. The molecule has 2 unspecified atom stereocenters. The summed E-state index contributed by atoms with van der Waals surface area (Å²) < 4.78 is 0. The Balaban J connectivity index is 1.76. The van der Waals surface area contributed by atoms with Crippen LogP contribution in [0.5, 0.6) is 0 Å². The highest BCUT2D eigenvalue weighted by atomic mass is 35.5. The van der Waals surface area contributed by atoms with Gasteiger partial charge in [-0.1, -0.05) is 35.3 Å². The van der Waals surface area contributed by atoms with E-state index in [1.54, 1.807) is 24.5 Å². The molecule has 0 aromatic carbocycles. The molecule has 0 bridgehead atoms. The summed E-state index contributed by atoms with van der Waals surface area (Å²) in [6, 6.07) is 7.46. The van der Waals surface area contributed by atoms with Crippen LogP contribution in [0.25, 0.3) is 0 Å². The quantitative estimate of drug-likeness (QED) is 0.769. The van der Waals surface area contributed by atoms with E-state index in [2.05, 4.69) is 20.2 Å². The van der Waals surface area contributed by atoms with Crippen molar-refractivity contribution in [2.24, 2.45) is 10.2 Å². The van der Waals surface area contributed by atoms with Gasteiger partial charge in [0.2, 0.25) is 0 Å². The Morgan fingerprint density at radius 3 is 1.63 bits per heavy atom. The van der Waals surface area contributed by atoms with E-state index in [0.717, 1.165) is 17.5 Å². The molecule has 3 rings (SSSR count). The maximum absolute atomic E-state index is 5.77. The molecular weight excluding hydrogens is 283 g/mol. The van der Waals surface area contributed by atoms with Crippen molar-refractivity contribution in [2.45, 2.75) is 18.5 Å². The molecule has 0 N–H and O–H groups in total. The molecule has 6 heteroatoms. The molecule has 2 aromatic heterocycles. The molecule has 19 heavy (non-hydrogen) atoms. The molecule has 0 amide bonds. The minimum absolute atomic E-state index is 0.0328. The molecule has 0 radical (unpaired) electrons. The number of hydrogen-bond donors (Lipinski definition) is 0. The van der Waals surface area contributed by atoms with Gasteiger partial charge in [0, 0.05) is 18.8 Å². The van der Waals surface area contributed by atoms with Gasteiger partial charge in [0.1, 0.15) is 10.3 Å². The third-order valence-electron chi connectivity index (χ3n) is 3.06. The van der Waals surface area contributed by atoms with Crippen LogP contribution in [-0.2, 0) is 0 Å². The second kappa shape index (κ2) is 5.23. The molecule has 3 heterocycles. The fraction of sp³-hybridized carbons (Fsp3) is 0.231. The number of aromatic nitrogens is 2. The maximum atomic E-state index is 5.77. The van der Waals surface area contributed by atoms with Crippen LogP contribution in [0, 0.1) is 0 Å². The second-order valence-electron chi connectivity index (χ2n) is 4.33. The standard InChI is InChI=1S/C13H10Cl2N4/c14-12-3-1-8(6-16-12)10-5-11(19-18-10)9-2-4-13(15)17-7-9/h1-4,6-7,10-11H,5H2. The van der Waals surface area contributed by atoms with Gasteiger partial charge in [0.15, 0.2) is 0 Å². The summed E-state index contributed by atoms with van der Waals surface area (Å²) in [5.74, 6) is 0. The van der Waals surface area contributed by atoms with Crippen LogP contribution in [0.1, 0.15) is 29.6 Å². The molecule has 4 nitrogen and oxygen atoms in total. The first-order valence-corrected chi connectivity index (χ1v) is 6.61. The van der Waals surface area contributed by atoms with Crippen molar-refractivity contribution in [1.29, 1.82) is 0 Å². The second-order valence-corrected chi connectivity index (χ2v) is 5.10. The van der Waals surface area contributed by atoms with Crippen LogP contribution in [0.2, 0.25) is 10.3 Å². The lowest BCUT2D eigenvalue weighted by molar-refractivity contribution is 0.655. The summed E-state index contributed by atoms with van der Waals surface area (Å²) in [5.41, 5.74) is 2.05. The topological polar surface area (TPSA) is 50.5 Å². The third-order valence-corrected chi connectivity index (χ3v) is 3.51. The van der Waals surface area contributed by atoms with Gasteiger partial charge in [-0.3, -0.25) is 0 Å². The van der Waals surface area contributed by atoms with E-state index in [1.807, 2.05) is 12.1 Å². The molecule has 0 spiro atoms. The Morgan fingerprint density at radius 2 is 1.26 bits per heavy atom. The summed E-state index contributed by atoms with van der Waals surface area (Å²) in [6.07, 6.45) is 4.30. The average molecular weight is 293 g/mol. The van der Waals surface area contributed by atoms with Crippen molar-refractivity contribution >= 4 is 23.2 Å². The molecule has 0 aliphatic carbocycles. The zero-order valence-electron chi connectivity index (χ0n) is 9.87. The van der Waals surface area contributed by atoms with E-state index in [9.17, 15) is 0 Å². The van der Waals surface area contributed by atoms with Crippen LogP contribution >= 0.6 is 23.2 Å². The van der Waals surface area contributed by atoms with Gasteiger partial charge in [0.05, 0.1) is 12.1 Å². The number of pyridine rings is 2. The van der Waals surface area contributed by atoms with E-state index < -0.39 is 0 Å². The van der Waals surface area contributed by atoms with Crippen LogP contribution < -0.4 is 0 Å². The highest BCUT2D eigenvalue weighted by molar-refractivity contribution is 6.29. The molecule has 96 valence electrons. The Morgan fingerprint density at radius 1 is 0.789 bits per heavy atom. The van der Waals surface area contributed by atoms with Crippen molar-refractivity contribution in [1.82, 2.24) is 9.97 Å². The van der Waals surface area contributed by atoms with Crippen molar-refractivity contribution in [3.05, 3.63) is 58.1 Å². The normalized spacial score (nSPS) is 21.8. The van der Waals surface area contributed by atoms with Crippen LogP contribution in [0.4, 0.5) is 0 Å². The highest BCUT2D eigenvalue weighted by Gasteiger charge is 2.25. The molecule has 1 aliphatic rings. The van der Waals surface area contributed by atoms with Crippen LogP contribution in [0.15, 0.2) is 46.9 Å². The summed E-state index contributed by atoms with van der Waals surface area (Å²) in [7, 11) is 0. The zero-order chi connectivity index (χ0) is 13.2. The Hall–Kier alpha value is -1.52. The number of rotatable bonds is 2. The molecule has 0 saturated heterocycles. The van der Waals surface area contributed by atoms with Crippen molar-refractivity contribution in [3.8, 4) is 0 Å². The smallest absolute Gasteiger partial charge is 0.129 e. The first-order chi connectivity index (χ1) is 9.22. The van der Waals surface area contributed by atoms with Gasteiger partial charge in [-0.25, -0.2) is 9.97 Å². The summed E-state index contributed by atoms with van der Waals surface area (Å²) >= 11 is 11.5. The highest BCUT2D eigenvalue weighted by Crippen LogP contribution is 2.38. The molecule has 2 aromatic rings. The first kappa shape index (κ1) is 12.5. The fourth-order valence-corrected chi connectivity index (χ4v) is 2.26. The van der Waals surface area contributed by atoms with Crippen molar-refractivity contribution < 1.29 is 0 Å². The molecular formula is C13H10Cl2N4. The monoisotopic (exact) mass is 292 g/mol. The van der Waals surface area contributed by atoms with Crippen molar-refractivity contribution in [3.63, 3.8) is 0 Å². The van der Waals surface area contributed by atoms with Crippen molar-refractivity contribution in [2.75, 3.05) is 0 Å². The number of hydrogen-bond acceptors (Lipinski definition) is 4. The minimum atomic E-state index is 0.0328. The van der Waals surface area contributed by atoms with Gasteiger partial charge in [-0.05, 0) is 23.3 Å². The Bertz CT molecular complexity index is 542. The van der Waals surface area contributed by atoms with E-state index in [1.165, 1.54) is 0 Å². The van der Waals surface area contributed by atoms with Gasteiger partial charge in [-0.2, -0.15) is 10.2 Å². The van der Waals surface area contributed by atoms with Crippen LogP contribution in [0.3, 0.4) is 0 Å². The third kappa shape index (κ3) is 2.74. The zero-order valence-corrected chi connectivity index (χ0v) is 11.4. The Labute approximate surface area is 120 Å². The maximum Gasteiger partial charge on any atom is 0.129 e. The molecule has 2 atom stereocenters. The van der Waals surface area contributed by atoms with Crippen LogP contribution in [-0.4, -0.2) is 9.97 Å². The predicted octanol–water partition coefficient (Wildman–Crippen LogP) is 4.42. The van der Waals surface area contributed by atoms with E-state index in [0.29, 0.717) is 10.3 Å². The molecule has 0 saturated carbocycles. The van der Waals surface area contributed by atoms with Gasteiger partial charge in [0.25, 0.3) is 0 Å².